The van der Waals surface area contributed by atoms with Gasteiger partial charge in [0, 0.05) is 56.5 Å². The van der Waals surface area contributed by atoms with Crippen LogP contribution in [-0.2, 0) is 13.6 Å². The fraction of sp³-hybridized carbons (Fsp3) is 0.375. The average molecular weight is 489 g/mol. The molecule has 1 aliphatic rings. The van der Waals surface area contributed by atoms with Crippen LogP contribution in [0.5, 0.6) is 5.75 Å². The first-order valence-electron chi connectivity index (χ1n) is 10.9. The Kier molecular flexibility index (Phi) is 6.42. The molecule has 1 aromatic carbocycles. The molecule has 0 amide bonds. The molecule has 1 unspecified atom stereocenters. The van der Waals surface area contributed by atoms with Gasteiger partial charge in [-0.3, -0.25) is 9.69 Å². The van der Waals surface area contributed by atoms with Crippen molar-refractivity contribution in [2.24, 2.45) is 7.05 Å². The molecule has 0 aliphatic carbocycles. The number of hydrogen-bond donors (Lipinski definition) is 0. The summed E-state index contributed by atoms with van der Waals surface area (Å²) < 4.78 is 57.0. The molecule has 184 valence electrons. The highest BCUT2D eigenvalue weighted by Gasteiger charge is 2.33. The second kappa shape index (κ2) is 9.19. The molecule has 3 aromatic rings. The van der Waals surface area contributed by atoms with Crippen molar-refractivity contribution in [1.29, 1.82) is 5.26 Å². The minimum Gasteiger partial charge on any atom is -0.406 e. The number of rotatable bonds is 4. The van der Waals surface area contributed by atoms with Crippen molar-refractivity contribution in [3.8, 4) is 11.8 Å². The van der Waals surface area contributed by atoms with Gasteiger partial charge in [-0.2, -0.15) is 5.26 Å². The third-order valence-electron chi connectivity index (χ3n) is 6.24. The van der Waals surface area contributed by atoms with Crippen LogP contribution in [0, 0.1) is 17.1 Å². The van der Waals surface area contributed by atoms with Crippen molar-refractivity contribution >= 4 is 16.7 Å². The number of aryl methyl sites for hydroxylation is 1. The first-order valence-corrected chi connectivity index (χ1v) is 10.9. The lowest BCUT2D eigenvalue weighted by Gasteiger charge is -2.45. The standard InChI is InChI=1S/C24H23F4N5O2/c1-14-12-33(21-9-22(34)31(3)20-7-5-17(10-29)30-23(20)21)15(2)11-32(14)13-16-4-6-18(8-19(16)25)35-24(26,27)28/h4-9,14-15H,11-13H2,1-3H3/t14?,15-/m0/s1. The largest absolute Gasteiger partial charge is 0.573 e. The molecule has 0 bridgehead atoms. The number of aromatic nitrogens is 2. The van der Waals surface area contributed by atoms with Gasteiger partial charge in [-0.1, -0.05) is 6.07 Å². The maximum atomic E-state index is 14.5. The van der Waals surface area contributed by atoms with Gasteiger partial charge in [0.1, 0.15) is 28.8 Å². The van der Waals surface area contributed by atoms with Crippen molar-refractivity contribution in [2.75, 3.05) is 18.0 Å². The van der Waals surface area contributed by atoms with Crippen molar-refractivity contribution in [2.45, 2.75) is 38.8 Å². The summed E-state index contributed by atoms with van der Waals surface area (Å²) in [6.45, 7) is 5.13. The Hall–Kier alpha value is -3.65. The Morgan fingerprint density at radius 2 is 1.89 bits per heavy atom. The van der Waals surface area contributed by atoms with E-state index in [2.05, 4.69) is 14.6 Å². The van der Waals surface area contributed by atoms with Crippen LogP contribution >= 0.6 is 0 Å². The summed E-state index contributed by atoms with van der Waals surface area (Å²) in [4.78, 5) is 21.1. The van der Waals surface area contributed by atoms with Gasteiger partial charge in [-0.05, 0) is 32.0 Å². The number of benzene rings is 1. The minimum atomic E-state index is -4.89. The maximum Gasteiger partial charge on any atom is 0.573 e. The van der Waals surface area contributed by atoms with Gasteiger partial charge in [0.2, 0.25) is 0 Å². The smallest absolute Gasteiger partial charge is 0.406 e. The molecule has 1 saturated heterocycles. The lowest BCUT2D eigenvalue weighted by atomic mass is 10.0. The van der Waals surface area contributed by atoms with E-state index in [-0.39, 0.29) is 35.4 Å². The second-order valence-corrected chi connectivity index (χ2v) is 8.68. The number of fused-ring (bicyclic) bond motifs is 1. The van der Waals surface area contributed by atoms with E-state index in [1.165, 1.54) is 16.7 Å². The monoisotopic (exact) mass is 489 g/mol. The van der Waals surface area contributed by atoms with Crippen LogP contribution in [0.4, 0.5) is 23.2 Å². The number of anilines is 1. The van der Waals surface area contributed by atoms with Crippen LogP contribution in [0.2, 0.25) is 0 Å². The second-order valence-electron chi connectivity index (χ2n) is 8.68. The molecule has 2 aromatic heterocycles. The number of pyridine rings is 2. The molecule has 0 saturated carbocycles. The number of hydrogen-bond acceptors (Lipinski definition) is 6. The topological polar surface area (TPSA) is 74.4 Å². The van der Waals surface area contributed by atoms with E-state index in [4.69, 9.17) is 0 Å². The summed E-state index contributed by atoms with van der Waals surface area (Å²) in [5, 5.41) is 9.29. The Morgan fingerprint density at radius 1 is 1.14 bits per heavy atom. The highest BCUT2D eigenvalue weighted by atomic mass is 19.4. The van der Waals surface area contributed by atoms with Gasteiger partial charge in [0.25, 0.3) is 5.56 Å². The van der Waals surface area contributed by atoms with Gasteiger partial charge in [-0.25, -0.2) is 9.37 Å². The SMILES string of the molecule is CC1CN(c2cc(=O)n(C)c3ccc(C#N)nc23)[C@@H](C)CN1Cc1ccc(OC(F)(F)F)cc1F. The number of halogens is 4. The van der Waals surface area contributed by atoms with Crippen molar-refractivity contribution in [1.82, 2.24) is 14.5 Å². The van der Waals surface area contributed by atoms with E-state index in [0.717, 1.165) is 12.1 Å². The van der Waals surface area contributed by atoms with Crippen molar-refractivity contribution in [3.63, 3.8) is 0 Å². The summed E-state index contributed by atoms with van der Waals surface area (Å²) in [5.41, 5.74) is 2.07. The summed E-state index contributed by atoms with van der Waals surface area (Å²) in [7, 11) is 1.64. The van der Waals surface area contributed by atoms with Crippen molar-refractivity contribution < 1.29 is 22.3 Å². The zero-order valence-corrected chi connectivity index (χ0v) is 19.3. The summed E-state index contributed by atoms with van der Waals surface area (Å²) in [6.07, 6.45) is -4.89. The Morgan fingerprint density at radius 3 is 2.54 bits per heavy atom. The number of nitriles is 1. The quantitative estimate of drug-likeness (QED) is 0.517. The fourth-order valence-corrected chi connectivity index (χ4v) is 4.42. The Balaban J connectivity index is 1.58. The van der Waals surface area contributed by atoms with Crippen LogP contribution in [0.1, 0.15) is 25.1 Å². The lowest BCUT2D eigenvalue weighted by molar-refractivity contribution is -0.274. The summed E-state index contributed by atoms with van der Waals surface area (Å²) in [6, 6.07) is 9.76. The van der Waals surface area contributed by atoms with E-state index >= 15 is 0 Å². The third-order valence-corrected chi connectivity index (χ3v) is 6.24. The van der Waals surface area contributed by atoms with Gasteiger partial charge >= 0.3 is 6.36 Å². The lowest BCUT2D eigenvalue weighted by Crippen LogP contribution is -2.56. The molecule has 7 nitrogen and oxygen atoms in total. The van der Waals surface area contributed by atoms with Gasteiger partial charge in [0.15, 0.2) is 0 Å². The van der Waals surface area contributed by atoms with Gasteiger partial charge in [-0.15, -0.1) is 13.2 Å². The number of ether oxygens (including phenoxy) is 1. The Labute approximate surface area is 198 Å². The van der Waals surface area contributed by atoms with Crippen LogP contribution < -0.4 is 15.2 Å². The molecule has 0 N–H and O–H groups in total. The third kappa shape index (κ3) is 5.07. The first-order chi connectivity index (χ1) is 16.5. The minimum absolute atomic E-state index is 0.0741. The number of piperazine rings is 1. The highest BCUT2D eigenvalue weighted by molar-refractivity contribution is 5.89. The molecule has 0 spiro atoms. The molecule has 1 fully saturated rings. The van der Waals surface area contributed by atoms with Crippen LogP contribution in [0.3, 0.4) is 0 Å². The van der Waals surface area contributed by atoms with E-state index in [9.17, 15) is 27.6 Å². The Bertz CT molecular complexity index is 1360. The molecule has 4 rings (SSSR count). The number of alkyl halides is 3. The van der Waals surface area contributed by atoms with E-state index < -0.39 is 17.9 Å². The van der Waals surface area contributed by atoms with Crippen molar-refractivity contribution in [3.05, 3.63) is 63.8 Å². The first kappa shape index (κ1) is 24.5. The van der Waals surface area contributed by atoms with E-state index in [1.54, 1.807) is 19.2 Å². The summed E-state index contributed by atoms with van der Waals surface area (Å²) in [5.74, 6) is -1.38. The molecular weight excluding hydrogens is 466 g/mol. The molecule has 35 heavy (non-hydrogen) atoms. The molecule has 3 heterocycles. The zero-order valence-electron chi connectivity index (χ0n) is 19.3. The van der Waals surface area contributed by atoms with Crippen LogP contribution in [0.15, 0.2) is 41.2 Å². The normalized spacial score (nSPS) is 19.1. The predicted octanol–water partition coefficient (Wildman–Crippen LogP) is 3.94. The fourth-order valence-electron chi connectivity index (χ4n) is 4.42. The molecule has 2 atom stereocenters. The van der Waals surface area contributed by atoms with Crippen LogP contribution in [-0.4, -0.2) is 46.0 Å². The van der Waals surface area contributed by atoms with Gasteiger partial charge < -0.3 is 14.2 Å². The van der Waals surface area contributed by atoms with Gasteiger partial charge in [0.05, 0.1) is 11.2 Å². The number of nitrogens with zero attached hydrogens (tertiary/aromatic N) is 5. The molecule has 1 aliphatic heterocycles. The summed E-state index contributed by atoms with van der Waals surface area (Å²) >= 11 is 0. The zero-order chi connectivity index (χ0) is 25.5. The van der Waals surface area contributed by atoms with E-state index in [1.807, 2.05) is 24.8 Å². The maximum absolute atomic E-state index is 14.5. The molecule has 0 radical (unpaired) electrons. The van der Waals surface area contributed by atoms with Crippen LogP contribution in [0.25, 0.3) is 11.0 Å². The van der Waals surface area contributed by atoms with E-state index in [0.29, 0.717) is 29.8 Å². The highest BCUT2D eigenvalue weighted by Crippen LogP contribution is 2.30. The molecular formula is C24H23F4N5O2. The predicted molar refractivity (Wildman–Crippen MR) is 121 cm³/mol. The molecule has 11 heteroatoms. The average Bonchev–Trinajstić information content (AvgIpc) is 2.79.